The standard InChI is InChI=1S/C17H23NO4S/c1-3-11-22-16-9-10-17(15-8-6-5-7-14(15)16)23(20,21)18-13(4-2)12-19/h5-10,13,18-19H,3-4,11-12H2,1-2H3/t13-/m1/s1. The summed E-state index contributed by atoms with van der Waals surface area (Å²) in [6.07, 6.45) is 1.40. The van der Waals surface area contributed by atoms with Crippen LogP contribution in [-0.4, -0.2) is 32.8 Å². The number of hydrogen-bond donors (Lipinski definition) is 2. The van der Waals surface area contributed by atoms with Crippen LogP contribution >= 0.6 is 0 Å². The van der Waals surface area contributed by atoms with Crippen LogP contribution in [0, 0.1) is 0 Å². The second kappa shape index (κ2) is 7.77. The van der Waals surface area contributed by atoms with Gasteiger partial charge in [-0.2, -0.15) is 0 Å². The van der Waals surface area contributed by atoms with Crippen LogP contribution in [0.5, 0.6) is 5.75 Å². The van der Waals surface area contributed by atoms with Crippen LogP contribution in [0.1, 0.15) is 26.7 Å². The van der Waals surface area contributed by atoms with Gasteiger partial charge < -0.3 is 9.84 Å². The normalized spacial score (nSPS) is 13.2. The second-order valence-corrected chi connectivity index (χ2v) is 7.05. The molecule has 1 atom stereocenters. The molecule has 0 spiro atoms. The monoisotopic (exact) mass is 337 g/mol. The van der Waals surface area contributed by atoms with Gasteiger partial charge in [0.05, 0.1) is 18.1 Å². The zero-order valence-electron chi connectivity index (χ0n) is 13.5. The summed E-state index contributed by atoms with van der Waals surface area (Å²) in [4.78, 5) is 0.198. The highest BCUT2D eigenvalue weighted by Crippen LogP contribution is 2.31. The van der Waals surface area contributed by atoms with Crippen molar-refractivity contribution in [1.29, 1.82) is 0 Å². The molecule has 2 aromatic carbocycles. The molecule has 5 nitrogen and oxygen atoms in total. The highest BCUT2D eigenvalue weighted by atomic mass is 32.2. The van der Waals surface area contributed by atoms with Crippen molar-refractivity contribution in [3.63, 3.8) is 0 Å². The summed E-state index contributed by atoms with van der Waals surface area (Å²) in [5.74, 6) is 0.676. The number of aliphatic hydroxyl groups excluding tert-OH is 1. The van der Waals surface area contributed by atoms with Crippen molar-refractivity contribution < 1.29 is 18.3 Å². The third kappa shape index (κ3) is 4.02. The number of ether oxygens (including phenoxy) is 1. The van der Waals surface area contributed by atoms with Crippen LogP contribution in [-0.2, 0) is 10.0 Å². The predicted octanol–water partition coefficient (Wildman–Crippen LogP) is 2.68. The molecule has 6 heteroatoms. The van der Waals surface area contributed by atoms with Gasteiger partial charge in [0.2, 0.25) is 10.0 Å². The van der Waals surface area contributed by atoms with Crippen molar-refractivity contribution in [2.75, 3.05) is 13.2 Å². The van der Waals surface area contributed by atoms with E-state index in [0.717, 1.165) is 11.8 Å². The first-order valence-corrected chi connectivity index (χ1v) is 9.29. The molecule has 0 heterocycles. The van der Waals surface area contributed by atoms with E-state index in [1.807, 2.05) is 26.0 Å². The molecule has 0 aliphatic carbocycles. The predicted molar refractivity (Wildman–Crippen MR) is 91.2 cm³/mol. The third-order valence-electron chi connectivity index (χ3n) is 3.63. The highest BCUT2D eigenvalue weighted by molar-refractivity contribution is 7.89. The molecule has 0 aliphatic rings. The van der Waals surface area contributed by atoms with Crippen LogP contribution in [0.25, 0.3) is 10.8 Å². The van der Waals surface area contributed by atoms with E-state index in [1.54, 1.807) is 24.3 Å². The third-order valence-corrected chi connectivity index (χ3v) is 5.21. The van der Waals surface area contributed by atoms with E-state index in [2.05, 4.69) is 4.72 Å². The highest BCUT2D eigenvalue weighted by Gasteiger charge is 2.22. The van der Waals surface area contributed by atoms with E-state index in [1.165, 1.54) is 0 Å². The second-order valence-electron chi connectivity index (χ2n) is 5.36. The fraction of sp³-hybridized carbons (Fsp3) is 0.412. The first-order valence-electron chi connectivity index (χ1n) is 7.81. The van der Waals surface area contributed by atoms with Crippen LogP contribution in [0.4, 0.5) is 0 Å². The lowest BCUT2D eigenvalue weighted by Crippen LogP contribution is -2.36. The maximum absolute atomic E-state index is 12.6. The molecule has 0 saturated heterocycles. The number of hydrogen-bond acceptors (Lipinski definition) is 4. The molecule has 0 bridgehead atoms. The Labute approximate surface area is 137 Å². The molecule has 2 N–H and O–H groups in total. The van der Waals surface area contributed by atoms with Crippen molar-refractivity contribution in [1.82, 2.24) is 4.72 Å². The summed E-state index contributed by atoms with van der Waals surface area (Å²) in [6, 6.07) is 10.0. The van der Waals surface area contributed by atoms with Gasteiger partial charge >= 0.3 is 0 Å². The van der Waals surface area contributed by atoms with E-state index >= 15 is 0 Å². The van der Waals surface area contributed by atoms with Gasteiger partial charge in [-0.15, -0.1) is 0 Å². The summed E-state index contributed by atoms with van der Waals surface area (Å²) in [7, 11) is -3.71. The van der Waals surface area contributed by atoms with Gasteiger partial charge in [-0.3, -0.25) is 0 Å². The molecule has 0 aliphatic heterocycles. The van der Waals surface area contributed by atoms with Gasteiger partial charge in [0.15, 0.2) is 0 Å². The molecule has 0 amide bonds. The maximum Gasteiger partial charge on any atom is 0.241 e. The van der Waals surface area contributed by atoms with E-state index < -0.39 is 16.1 Å². The van der Waals surface area contributed by atoms with Gasteiger partial charge in [-0.05, 0) is 25.0 Å². The van der Waals surface area contributed by atoms with E-state index in [9.17, 15) is 13.5 Å². The molecule has 23 heavy (non-hydrogen) atoms. The van der Waals surface area contributed by atoms with Gasteiger partial charge in [0, 0.05) is 16.8 Å². The summed E-state index contributed by atoms with van der Waals surface area (Å²) in [5.41, 5.74) is 0. The summed E-state index contributed by atoms with van der Waals surface area (Å²) in [5, 5.41) is 10.6. The first-order chi connectivity index (χ1) is 11.0. The van der Waals surface area contributed by atoms with Crippen LogP contribution in [0.3, 0.4) is 0 Å². The Morgan fingerprint density at radius 3 is 2.43 bits per heavy atom. The number of rotatable bonds is 8. The van der Waals surface area contributed by atoms with Crippen LogP contribution in [0.2, 0.25) is 0 Å². The Hall–Kier alpha value is -1.63. The number of sulfonamides is 1. The van der Waals surface area contributed by atoms with Gasteiger partial charge in [-0.1, -0.05) is 38.1 Å². The number of benzene rings is 2. The molecule has 0 aromatic heterocycles. The lowest BCUT2D eigenvalue weighted by atomic mass is 10.1. The Balaban J connectivity index is 2.50. The molecular formula is C17H23NO4S. The van der Waals surface area contributed by atoms with Gasteiger partial charge in [0.25, 0.3) is 0 Å². The Morgan fingerprint density at radius 2 is 1.83 bits per heavy atom. The van der Waals surface area contributed by atoms with E-state index in [4.69, 9.17) is 4.74 Å². The zero-order valence-corrected chi connectivity index (χ0v) is 14.3. The van der Waals surface area contributed by atoms with Crippen molar-refractivity contribution in [3.05, 3.63) is 36.4 Å². The smallest absolute Gasteiger partial charge is 0.241 e. The van der Waals surface area contributed by atoms with E-state index in [-0.39, 0.29) is 11.5 Å². The van der Waals surface area contributed by atoms with Gasteiger partial charge in [0.1, 0.15) is 5.75 Å². The Bertz CT molecular complexity index is 754. The number of nitrogens with one attached hydrogen (secondary N) is 1. The SMILES string of the molecule is CCCOc1ccc(S(=O)(=O)N[C@H](CC)CO)c2ccccc12. The molecular weight excluding hydrogens is 314 g/mol. The van der Waals surface area contributed by atoms with Gasteiger partial charge in [-0.25, -0.2) is 13.1 Å². The lowest BCUT2D eigenvalue weighted by molar-refractivity contribution is 0.254. The van der Waals surface area contributed by atoms with E-state index in [0.29, 0.717) is 24.2 Å². The minimum absolute atomic E-state index is 0.198. The minimum Gasteiger partial charge on any atom is -0.493 e. The van der Waals surface area contributed by atoms with Crippen molar-refractivity contribution in [3.8, 4) is 5.75 Å². The van der Waals surface area contributed by atoms with Crippen molar-refractivity contribution in [2.45, 2.75) is 37.6 Å². The molecule has 0 radical (unpaired) electrons. The van der Waals surface area contributed by atoms with Crippen LogP contribution < -0.4 is 9.46 Å². The molecule has 0 fully saturated rings. The lowest BCUT2D eigenvalue weighted by Gasteiger charge is -2.17. The fourth-order valence-corrected chi connectivity index (χ4v) is 3.87. The molecule has 126 valence electrons. The Kier molecular flexibility index (Phi) is 5.98. The average molecular weight is 337 g/mol. The fourth-order valence-electron chi connectivity index (χ4n) is 2.35. The molecule has 2 aromatic rings. The van der Waals surface area contributed by atoms with Crippen molar-refractivity contribution in [2.24, 2.45) is 0 Å². The first kappa shape index (κ1) is 17.7. The Morgan fingerprint density at radius 1 is 1.13 bits per heavy atom. The summed E-state index contributed by atoms with van der Waals surface area (Å²) < 4.78 is 33.5. The maximum atomic E-state index is 12.6. The zero-order chi connectivity index (χ0) is 16.9. The topological polar surface area (TPSA) is 75.6 Å². The molecule has 2 rings (SSSR count). The van der Waals surface area contributed by atoms with Crippen LogP contribution in [0.15, 0.2) is 41.3 Å². The number of fused-ring (bicyclic) bond motifs is 1. The largest absolute Gasteiger partial charge is 0.493 e. The minimum atomic E-state index is -3.71. The molecule has 0 saturated carbocycles. The quantitative estimate of drug-likeness (QED) is 0.776. The average Bonchev–Trinajstić information content (AvgIpc) is 2.57. The number of aliphatic hydroxyl groups is 1. The molecule has 0 unspecified atom stereocenters. The van der Waals surface area contributed by atoms with Crippen molar-refractivity contribution >= 4 is 20.8 Å². The summed E-state index contributed by atoms with van der Waals surface area (Å²) >= 11 is 0. The summed E-state index contributed by atoms with van der Waals surface area (Å²) in [6.45, 7) is 4.19.